The highest BCUT2D eigenvalue weighted by Crippen LogP contribution is 2.38. The molecule has 2 aromatic carbocycles. The Labute approximate surface area is 168 Å². The van der Waals surface area contributed by atoms with Gasteiger partial charge in [0.1, 0.15) is 17.6 Å². The molecule has 29 heavy (non-hydrogen) atoms. The molecular weight excluding hydrogens is 376 g/mol. The van der Waals surface area contributed by atoms with E-state index in [9.17, 15) is 9.59 Å². The van der Waals surface area contributed by atoms with Crippen molar-refractivity contribution in [2.24, 2.45) is 0 Å². The van der Waals surface area contributed by atoms with Gasteiger partial charge in [0.25, 0.3) is 0 Å². The molecule has 7 heteroatoms. The average Bonchev–Trinajstić information content (AvgIpc) is 3.26. The predicted octanol–water partition coefficient (Wildman–Crippen LogP) is 3.02. The number of rotatable bonds is 5. The first-order valence-electron chi connectivity index (χ1n) is 9.41. The molecule has 0 amide bonds. The van der Waals surface area contributed by atoms with E-state index in [4.69, 9.17) is 23.7 Å². The number of carbonyl (C=O) groups is 2. The molecule has 2 aliphatic rings. The van der Waals surface area contributed by atoms with E-state index < -0.39 is 18.0 Å². The lowest BCUT2D eigenvalue weighted by Gasteiger charge is -2.22. The lowest BCUT2D eigenvalue weighted by atomic mass is 9.97. The Morgan fingerprint density at radius 1 is 0.966 bits per heavy atom. The Balaban J connectivity index is 1.36. The van der Waals surface area contributed by atoms with Crippen LogP contribution in [0.1, 0.15) is 34.1 Å². The number of carbonyl (C=O) groups excluding carboxylic acids is 2. The van der Waals surface area contributed by atoms with Gasteiger partial charge in [0.15, 0.2) is 6.10 Å². The van der Waals surface area contributed by atoms with Crippen LogP contribution in [0.3, 0.4) is 0 Å². The molecule has 2 unspecified atom stereocenters. The maximum Gasteiger partial charge on any atom is 0.343 e. The highest BCUT2D eigenvalue weighted by molar-refractivity contribution is 5.92. The maximum absolute atomic E-state index is 12.5. The van der Waals surface area contributed by atoms with Gasteiger partial charge in [-0.05, 0) is 55.5 Å². The van der Waals surface area contributed by atoms with E-state index in [0.29, 0.717) is 35.8 Å². The summed E-state index contributed by atoms with van der Waals surface area (Å²) in [6, 6.07) is 12.8. The van der Waals surface area contributed by atoms with Gasteiger partial charge in [-0.2, -0.15) is 0 Å². The van der Waals surface area contributed by atoms with Crippen LogP contribution in [0.5, 0.6) is 11.5 Å². The zero-order chi connectivity index (χ0) is 20.4. The number of fused-ring (bicyclic) bond motifs is 1. The number of methoxy groups -OCH3 is 1. The van der Waals surface area contributed by atoms with Crippen LogP contribution < -0.4 is 9.47 Å². The van der Waals surface area contributed by atoms with Crippen molar-refractivity contribution in [3.8, 4) is 11.5 Å². The Morgan fingerprint density at radius 2 is 1.59 bits per heavy atom. The van der Waals surface area contributed by atoms with Gasteiger partial charge in [-0.1, -0.05) is 0 Å². The highest BCUT2D eigenvalue weighted by Gasteiger charge is 2.52. The maximum atomic E-state index is 12.5. The molecule has 0 spiro atoms. The van der Waals surface area contributed by atoms with Crippen LogP contribution >= 0.6 is 0 Å². The van der Waals surface area contributed by atoms with Crippen molar-refractivity contribution in [2.75, 3.05) is 20.3 Å². The van der Waals surface area contributed by atoms with Crippen LogP contribution in [0.2, 0.25) is 0 Å². The fourth-order valence-corrected chi connectivity index (χ4v) is 3.58. The Bertz CT molecular complexity index is 890. The van der Waals surface area contributed by atoms with E-state index in [1.54, 1.807) is 55.6 Å². The lowest BCUT2D eigenvalue weighted by molar-refractivity contribution is -0.0254. The smallest absolute Gasteiger partial charge is 0.343 e. The number of hydrogen-bond acceptors (Lipinski definition) is 7. The molecule has 2 heterocycles. The van der Waals surface area contributed by atoms with Crippen LogP contribution in [-0.2, 0) is 14.2 Å². The summed E-state index contributed by atoms with van der Waals surface area (Å²) in [6.07, 6.45) is 0.124. The van der Waals surface area contributed by atoms with Crippen LogP contribution in [0.15, 0.2) is 48.5 Å². The van der Waals surface area contributed by atoms with Gasteiger partial charge in [-0.15, -0.1) is 0 Å². The van der Waals surface area contributed by atoms with Gasteiger partial charge in [-0.25, -0.2) is 9.59 Å². The van der Waals surface area contributed by atoms with Crippen LogP contribution in [0.4, 0.5) is 0 Å². The molecule has 0 aromatic heterocycles. The second kappa shape index (κ2) is 7.85. The largest absolute Gasteiger partial charge is 0.497 e. The number of benzene rings is 2. The van der Waals surface area contributed by atoms with E-state index in [0.717, 1.165) is 6.42 Å². The third-order valence-corrected chi connectivity index (χ3v) is 5.30. The molecule has 0 aliphatic carbocycles. The minimum Gasteiger partial charge on any atom is -0.497 e. The molecule has 0 radical (unpaired) electrons. The van der Waals surface area contributed by atoms with Gasteiger partial charge in [-0.3, -0.25) is 0 Å². The molecule has 2 fully saturated rings. The molecular formula is C22H22O7. The summed E-state index contributed by atoms with van der Waals surface area (Å²) in [5, 5.41) is 0. The average molecular weight is 398 g/mol. The number of hydrogen-bond donors (Lipinski definition) is 0. The molecule has 3 atom stereocenters. The minimum absolute atomic E-state index is 0.240. The molecule has 0 N–H and O–H groups in total. The van der Waals surface area contributed by atoms with Gasteiger partial charge in [0.05, 0.1) is 37.1 Å². The third-order valence-electron chi connectivity index (χ3n) is 5.30. The van der Waals surface area contributed by atoms with E-state index in [1.165, 1.54) is 0 Å². The number of esters is 2. The van der Waals surface area contributed by atoms with Crippen molar-refractivity contribution in [1.82, 2.24) is 0 Å². The van der Waals surface area contributed by atoms with E-state index in [2.05, 4.69) is 0 Å². The highest BCUT2D eigenvalue weighted by atomic mass is 16.6. The fraction of sp³-hybridized carbons (Fsp3) is 0.364. The zero-order valence-electron chi connectivity index (χ0n) is 16.3. The normalized spacial score (nSPS) is 25.3. The molecule has 2 aromatic rings. The van der Waals surface area contributed by atoms with Crippen molar-refractivity contribution >= 4 is 11.9 Å². The summed E-state index contributed by atoms with van der Waals surface area (Å²) < 4.78 is 27.4. The van der Waals surface area contributed by atoms with Gasteiger partial charge < -0.3 is 23.7 Å². The van der Waals surface area contributed by atoms with Crippen molar-refractivity contribution in [1.29, 1.82) is 0 Å². The van der Waals surface area contributed by atoms with Crippen LogP contribution in [-0.4, -0.2) is 50.1 Å². The molecule has 4 rings (SSSR count). The molecule has 7 nitrogen and oxygen atoms in total. The first-order valence-corrected chi connectivity index (χ1v) is 9.41. The zero-order valence-corrected chi connectivity index (χ0v) is 16.3. The quantitative estimate of drug-likeness (QED) is 0.566. The molecule has 0 saturated carbocycles. The van der Waals surface area contributed by atoms with Crippen molar-refractivity contribution in [2.45, 2.75) is 31.2 Å². The standard InChI is InChI=1S/C22H22O7/c1-22-11-12-26-19(22)18(13-27-22)29-21(24)15-5-9-17(10-6-15)28-20(23)14-3-7-16(25-2)8-4-14/h3-10,18-19H,11-13H2,1-2H3/t18-,19?,22?/m1/s1. The second-order valence-corrected chi connectivity index (χ2v) is 7.25. The lowest BCUT2D eigenvalue weighted by Crippen LogP contribution is -2.38. The first-order chi connectivity index (χ1) is 14.0. The van der Waals surface area contributed by atoms with E-state index in [1.807, 2.05) is 6.92 Å². The van der Waals surface area contributed by atoms with Crippen molar-refractivity contribution < 1.29 is 33.3 Å². The Hall–Kier alpha value is -2.90. The topological polar surface area (TPSA) is 80.3 Å². The number of ether oxygens (including phenoxy) is 5. The predicted molar refractivity (Wildman–Crippen MR) is 102 cm³/mol. The molecule has 152 valence electrons. The van der Waals surface area contributed by atoms with Gasteiger partial charge in [0, 0.05) is 6.42 Å². The minimum atomic E-state index is -0.497. The SMILES string of the molecule is COc1ccc(C(=O)Oc2ccc(C(=O)O[C@@H]3COC4(C)CCOC34)cc2)cc1. The summed E-state index contributed by atoms with van der Waals surface area (Å²) in [4.78, 5) is 24.7. The first kappa shape index (κ1) is 19.4. The van der Waals surface area contributed by atoms with E-state index >= 15 is 0 Å². The van der Waals surface area contributed by atoms with E-state index in [-0.39, 0.29) is 11.7 Å². The third kappa shape index (κ3) is 3.97. The monoisotopic (exact) mass is 398 g/mol. The van der Waals surface area contributed by atoms with Crippen molar-refractivity contribution in [3.05, 3.63) is 59.7 Å². The molecule has 2 saturated heterocycles. The summed E-state index contributed by atoms with van der Waals surface area (Å²) in [6.45, 7) is 2.90. The van der Waals surface area contributed by atoms with Crippen LogP contribution in [0, 0.1) is 0 Å². The summed E-state index contributed by atoms with van der Waals surface area (Å²) in [5.41, 5.74) is 0.376. The fourth-order valence-electron chi connectivity index (χ4n) is 3.58. The summed E-state index contributed by atoms with van der Waals surface area (Å²) in [7, 11) is 1.55. The van der Waals surface area contributed by atoms with Gasteiger partial charge in [0.2, 0.25) is 0 Å². The summed E-state index contributed by atoms with van der Waals surface area (Å²) >= 11 is 0. The van der Waals surface area contributed by atoms with Crippen LogP contribution in [0.25, 0.3) is 0 Å². The molecule has 0 bridgehead atoms. The van der Waals surface area contributed by atoms with Crippen molar-refractivity contribution in [3.63, 3.8) is 0 Å². The second-order valence-electron chi connectivity index (χ2n) is 7.25. The summed E-state index contributed by atoms with van der Waals surface area (Å²) in [5.74, 6) is 0.0220. The Morgan fingerprint density at radius 3 is 2.24 bits per heavy atom. The Kier molecular flexibility index (Phi) is 5.25. The van der Waals surface area contributed by atoms with Gasteiger partial charge >= 0.3 is 11.9 Å². The molecule has 2 aliphatic heterocycles.